The molecule has 3 rings (SSSR count). The molecular weight excluding hydrogens is 278 g/mol. The van der Waals surface area contributed by atoms with Gasteiger partial charge in [0, 0.05) is 12.3 Å². The van der Waals surface area contributed by atoms with Gasteiger partial charge in [0.1, 0.15) is 0 Å². The van der Waals surface area contributed by atoms with Crippen molar-refractivity contribution < 1.29 is 4.92 Å². The van der Waals surface area contributed by atoms with Crippen LogP contribution in [0.5, 0.6) is 0 Å². The lowest BCUT2D eigenvalue weighted by Gasteiger charge is -2.20. The lowest BCUT2D eigenvalue weighted by molar-refractivity contribution is -0.384. The van der Waals surface area contributed by atoms with Crippen molar-refractivity contribution in [3.05, 3.63) is 63.3 Å². The number of aryl methyl sites for hydroxylation is 2. The summed E-state index contributed by atoms with van der Waals surface area (Å²) in [6, 6.07) is 9.54. The van der Waals surface area contributed by atoms with Crippen molar-refractivity contribution in [2.24, 2.45) is 0 Å². The van der Waals surface area contributed by atoms with Crippen LogP contribution in [0.25, 0.3) is 0 Å². The third kappa shape index (κ3) is 2.93. The first kappa shape index (κ1) is 14.5. The van der Waals surface area contributed by atoms with E-state index in [1.807, 2.05) is 6.92 Å². The van der Waals surface area contributed by atoms with E-state index >= 15 is 0 Å². The number of benzene rings is 1. The molecule has 0 amide bonds. The van der Waals surface area contributed by atoms with Gasteiger partial charge in [-0.05, 0) is 55.4 Å². The van der Waals surface area contributed by atoms with Gasteiger partial charge in [-0.25, -0.2) is 4.98 Å². The smallest absolute Gasteiger partial charge is 0.311 e. The van der Waals surface area contributed by atoms with Crippen molar-refractivity contribution in [2.45, 2.75) is 38.6 Å². The molecule has 1 aliphatic carbocycles. The molecule has 5 nitrogen and oxygen atoms in total. The van der Waals surface area contributed by atoms with E-state index in [1.54, 1.807) is 12.3 Å². The van der Waals surface area contributed by atoms with Crippen LogP contribution in [-0.2, 0) is 12.8 Å². The van der Waals surface area contributed by atoms with Crippen LogP contribution in [0.1, 0.15) is 42.5 Å². The summed E-state index contributed by atoms with van der Waals surface area (Å²) in [6.45, 7) is 2.00. The Balaban J connectivity index is 1.83. The summed E-state index contributed by atoms with van der Waals surface area (Å²) in [4.78, 5) is 14.7. The monoisotopic (exact) mass is 297 g/mol. The van der Waals surface area contributed by atoms with Crippen molar-refractivity contribution in [3.8, 4) is 0 Å². The van der Waals surface area contributed by atoms with Gasteiger partial charge in [-0.1, -0.05) is 18.2 Å². The van der Waals surface area contributed by atoms with Gasteiger partial charge in [0.2, 0.25) is 5.82 Å². The zero-order valence-electron chi connectivity index (χ0n) is 12.6. The molecule has 1 heterocycles. The molecule has 1 aromatic heterocycles. The molecule has 1 N–H and O–H groups in total. The number of hydrogen-bond acceptors (Lipinski definition) is 4. The number of nitro groups is 1. The van der Waals surface area contributed by atoms with Gasteiger partial charge in [-0.3, -0.25) is 10.1 Å². The molecule has 114 valence electrons. The highest BCUT2D eigenvalue weighted by Gasteiger charge is 2.18. The van der Waals surface area contributed by atoms with E-state index in [1.165, 1.54) is 30.0 Å². The summed E-state index contributed by atoms with van der Waals surface area (Å²) >= 11 is 0. The third-order valence-electron chi connectivity index (χ3n) is 4.21. The first-order chi connectivity index (χ1) is 10.6. The average Bonchev–Trinajstić information content (AvgIpc) is 2.54. The maximum atomic E-state index is 11.1. The standard InChI is InChI=1S/C17H19N3O2/c1-12(19-17-16(20(21)22)7-4-10-18-17)14-9-8-13-5-2-3-6-15(13)11-14/h4,7-12H,2-3,5-6H2,1H3,(H,18,19)/t12-/m1/s1. The summed E-state index contributed by atoms with van der Waals surface area (Å²) in [7, 11) is 0. The fourth-order valence-corrected chi connectivity index (χ4v) is 2.97. The van der Waals surface area contributed by atoms with Crippen LogP contribution < -0.4 is 5.32 Å². The van der Waals surface area contributed by atoms with Gasteiger partial charge in [-0.15, -0.1) is 0 Å². The van der Waals surface area contributed by atoms with E-state index in [0.717, 1.165) is 18.4 Å². The second-order valence-corrected chi connectivity index (χ2v) is 5.73. The number of rotatable bonds is 4. The lowest BCUT2D eigenvalue weighted by atomic mass is 9.89. The molecule has 0 fully saturated rings. The highest BCUT2D eigenvalue weighted by molar-refractivity contribution is 5.56. The Morgan fingerprint density at radius 3 is 2.77 bits per heavy atom. The Labute approximate surface area is 129 Å². The average molecular weight is 297 g/mol. The summed E-state index contributed by atoms with van der Waals surface area (Å²) in [6.07, 6.45) is 6.35. The quantitative estimate of drug-likeness (QED) is 0.683. The van der Waals surface area contributed by atoms with Gasteiger partial charge < -0.3 is 5.32 Å². The van der Waals surface area contributed by atoms with Crippen LogP contribution >= 0.6 is 0 Å². The first-order valence-electron chi connectivity index (χ1n) is 7.63. The summed E-state index contributed by atoms with van der Waals surface area (Å²) in [5.74, 6) is 0.317. The fourth-order valence-electron chi connectivity index (χ4n) is 2.97. The van der Waals surface area contributed by atoms with Crippen molar-refractivity contribution in [1.82, 2.24) is 4.98 Å². The van der Waals surface area contributed by atoms with Gasteiger partial charge in [-0.2, -0.15) is 0 Å². The minimum Gasteiger partial charge on any atom is -0.358 e. The van der Waals surface area contributed by atoms with E-state index in [2.05, 4.69) is 28.5 Å². The zero-order chi connectivity index (χ0) is 15.5. The SMILES string of the molecule is C[C@@H](Nc1ncccc1[N+](=O)[O-])c1ccc2c(c1)CCCC2. The van der Waals surface area contributed by atoms with E-state index in [0.29, 0.717) is 5.82 Å². The van der Waals surface area contributed by atoms with Gasteiger partial charge >= 0.3 is 5.69 Å². The molecular formula is C17H19N3O2. The largest absolute Gasteiger partial charge is 0.358 e. The van der Waals surface area contributed by atoms with E-state index < -0.39 is 4.92 Å². The highest BCUT2D eigenvalue weighted by Crippen LogP contribution is 2.28. The molecule has 22 heavy (non-hydrogen) atoms. The number of anilines is 1. The lowest BCUT2D eigenvalue weighted by Crippen LogP contribution is -2.11. The third-order valence-corrected chi connectivity index (χ3v) is 4.21. The highest BCUT2D eigenvalue weighted by atomic mass is 16.6. The molecule has 1 aliphatic rings. The van der Waals surface area contributed by atoms with Crippen LogP contribution in [0.4, 0.5) is 11.5 Å². The summed E-state index contributed by atoms with van der Waals surface area (Å²) in [5, 5.41) is 14.2. The molecule has 0 saturated carbocycles. The zero-order valence-corrected chi connectivity index (χ0v) is 12.6. The molecule has 0 spiro atoms. The van der Waals surface area contributed by atoms with Gasteiger partial charge in [0.25, 0.3) is 0 Å². The topological polar surface area (TPSA) is 68.1 Å². The predicted octanol–water partition coefficient (Wildman–Crippen LogP) is 4.04. The first-order valence-corrected chi connectivity index (χ1v) is 7.63. The Morgan fingerprint density at radius 1 is 1.23 bits per heavy atom. The normalized spacial score (nSPS) is 15.0. The molecule has 0 unspecified atom stereocenters. The van der Waals surface area contributed by atoms with Gasteiger partial charge in [0.15, 0.2) is 0 Å². The minimum absolute atomic E-state index is 0.00677. The predicted molar refractivity (Wildman–Crippen MR) is 86.0 cm³/mol. The van der Waals surface area contributed by atoms with Crippen LogP contribution in [0.2, 0.25) is 0 Å². The Hall–Kier alpha value is -2.43. The summed E-state index contributed by atoms with van der Waals surface area (Å²) < 4.78 is 0. The van der Waals surface area contributed by atoms with Crippen LogP contribution in [0.3, 0.4) is 0 Å². The number of hydrogen-bond donors (Lipinski definition) is 1. The van der Waals surface area contributed by atoms with Crippen LogP contribution in [-0.4, -0.2) is 9.91 Å². The number of fused-ring (bicyclic) bond motifs is 1. The molecule has 0 radical (unpaired) electrons. The van der Waals surface area contributed by atoms with Crippen LogP contribution in [0.15, 0.2) is 36.5 Å². The Morgan fingerprint density at radius 2 is 2.00 bits per heavy atom. The van der Waals surface area contributed by atoms with Gasteiger partial charge in [0.05, 0.1) is 11.0 Å². The minimum atomic E-state index is -0.408. The molecule has 0 bridgehead atoms. The molecule has 1 aromatic carbocycles. The van der Waals surface area contributed by atoms with E-state index in [4.69, 9.17) is 0 Å². The second-order valence-electron chi connectivity index (χ2n) is 5.73. The number of aromatic nitrogens is 1. The Kier molecular flexibility index (Phi) is 4.04. The maximum absolute atomic E-state index is 11.1. The molecule has 2 aromatic rings. The molecule has 5 heteroatoms. The van der Waals surface area contributed by atoms with E-state index in [-0.39, 0.29) is 11.7 Å². The second kappa shape index (κ2) is 6.13. The fraction of sp³-hybridized carbons (Fsp3) is 0.353. The van der Waals surface area contributed by atoms with Crippen molar-refractivity contribution in [1.29, 1.82) is 0 Å². The Bertz CT molecular complexity index is 700. The molecule has 0 aliphatic heterocycles. The van der Waals surface area contributed by atoms with Crippen molar-refractivity contribution in [2.75, 3.05) is 5.32 Å². The van der Waals surface area contributed by atoms with Crippen molar-refractivity contribution in [3.63, 3.8) is 0 Å². The maximum Gasteiger partial charge on any atom is 0.311 e. The van der Waals surface area contributed by atoms with Crippen LogP contribution in [0, 0.1) is 10.1 Å². The number of nitrogens with zero attached hydrogens (tertiary/aromatic N) is 2. The summed E-state index contributed by atoms with van der Waals surface area (Å²) in [5.41, 5.74) is 3.99. The van der Waals surface area contributed by atoms with E-state index in [9.17, 15) is 10.1 Å². The molecule has 0 saturated heterocycles. The number of nitrogens with one attached hydrogen (secondary N) is 1. The van der Waals surface area contributed by atoms with Crippen molar-refractivity contribution >= 4 is 11.5 Å². The molecule has 1 atom stereocenters. The number of pyridine rings is 1.